The minimum Gasteiger partial charge on any atom is -0.465 e. The lowest BCUT2D eigenvalue weighted by molar-refractivity contribution is 0.0601. The highest BCUT2D eigenvalue weighted by atomic mass is 35.5. The predicted octanol–water partition coefficient (Wildman–Crippen LogP) is 3.24. The number of ether oxygens (including phenoxy) is 1. The molecule has 0 amide bonds. The quantitative estimate of drug-likeness (QED) is 0.805. The molecule has 0 radical (unpaired) electrons. The van der Waals surface area contributed by atoms with Gasteiger partial charge in [-0.3, -0.25) is 4.72 Å². The lowest BCUT2D eigenvalue weighted by Gasteiger charge is -2.11. The molecule has 0 fully saturated rings. The van der Waals surface area contributed by atoms with Crippen LogP contribution in [0.3, 0.4) is 0 Å². The molecule has 6 nitrogen and oxygen atoms in total. The minimum atomic E-state index is -3.32. The number of anilines is 3. The van der Waals surface area contributed by atoms with Crippen LogP contribution in [0.15, 0.2) is 42.5 Å². The third kappa shape index (κ3) is 4.87. The van der Waals surface area contributed by atoms with Gasteiger partial charge in [-0.05, 0) is 42.5 Å². The minimum absolute atomic E-state index is 0.370. The smallest absolute Gasteiger partial charge is 0.337 e. The van der Waals surface area contributed by atoms with Gasteiger partial charge >= 0.3 is 5.97 Å². The van der Waals surface area contributed by atoms with Crippen LogP contribution in [0.5, 0.6) is 0 Å². The maximum Gasteiger partial charge on any atom is 0.337 e. The van der Waals surface area contributed by atoms with Crippen LogP contribution in [0, 0.1) is 0 Å². The lowest BCUT2D eigenvalue weighted by atomic mass is 10.2. The molecule has 0 heterocycles. The molecule has 23 heavy (non-hydrogen) atoms. The van der Waals surface area contributed by atoms with E-state index in [4.69, 9.17) is 11.6 Å². The van der Waals surface area contributed by atoms with Gasteiger partial charge < -0.3 is 10.1 Å². The number of hydrogen-bond acceptors (Lipinski definition) is 5. The number of sulfonamides is 1. The Labute approximate surface area is 139 Å². The van der Waals surface area contributed by atoms with Gasteiger partial charge in [0.1, 0.15) is 0 Å². The van der Waals surface area contributed by atoms with Gasteiger partial charge in [0.25, 0.3) is 0 Å². The Morgan fingerprint density at radius 3 is 2.26 bits per heavy atom. The standard InChI is InChI=1S/C15H15ClN2O4S/c1-22-15(19)10-3-8-13(16)14(9-10)17-11-4-6-12(7-5-11)18-23(2,20)21/h3-9,17-18H,1-2H3. The zero-order chi connectivity index (χ0) is 17.0. The number of benzene rings is 2. The molecule has 2 rings (SSSR count). The number of hydrogen-bond donors (Lipinski definition) is 2. The summed E-state index contributed by atoms with van der Waals surface area (Å²) < 4.78 is 29.4. The molecule has 122 valence electrons. The molecule has 8 heteroatoms. The first-order valence-corrected chi connectivity index (χ1v) is 8.78. The van der Waals surface area contributed by atoms with E-state index >= 15 is 0 Å². The topological polar surface area (TPSA) is 84.5 Å². The molecular formula is C15H15ClN2O4S. The zero-order valence-corrected chi connectivity index (χ0v) is 14.0. The average molecular weight is 355 g/mol. The summed E-state index contributed by atoms with van der Waals surface area (Å²) in [4.78, 5) is 11.5. The van der Waals surface area contributed by atoms with Crippen LogP contribution in [0.4, 0.5) is 17.1 Å². The third-order valence-electron chi connectivity index (χ3n) is 2.85. The van der Waals surface area contributed by atoms with Crippen LogP contribution in [0.2, 0.25) is 5.02 Å². The zero-order valence-electron chi connectivity index (χ0n) is 12.5. The van der Waals surface area contributed by atoms with Gasteiger partial charge in [-0.2, -0.15) is 0 Å². The van der Waals surface area contributed by atoms with E-state index in [1.54, 1.807) is 42.5 Å². The summed E-state index contributed by atoms with van der Waals surface area (Å²) in [6, 6.07) is 11.3. The maximum absolute atomic E-state index is 11.5. The molecule has 0 aliphatic heterocycles. The van der Waals surface area contributed by atoms with E-state index < -0.39 is 16.0 Å². The molecule has 0 aromatic heterocycles. The summed E-state index contributed by atoms with van der Waals surface area (Å²) in [5.74, 6) is -0.461. The number of methoxy groups -OCH3 is 1. The van der Waals surface area contributed by atoms with Crippen LogP contribution < -0.4 is 10.0 Å². The van der Waals surface area contributed by atoms with Crippen LogP contribution in [0.1, 0.15) is 10.4 Å². The number of carbonyl (C=O) groups is 1. The summed E-state index contributed by atoms with van der Waals surface area (Å²) in [5.41, 5.74) is 2.05. The highest BCUT2D eigenvalue weighted by Crippen LogP contribution is 2.27. The van der Waals surface area contributed by atoms with Crippen molar-refractivity contribution < 1.29 is 17.9 Å². The van der Waals surface area contributed by atoms with E-state index in [9.17, 15) is 13.2 Å². The largest absolute Gasteiger partial charge is 0.465 e. The number of nitrogens with one attached hydrogen (secondary N) is 2. The third-order valence-corrected chi connectivity index (χ3v) is 3.79. The van der Waals surface area contributed by atoms with Crippen LogP contribution in [0.25, 0.3) is 0 Å². The SMILES string of the molecule is COC(=O)c1ccc(Cl)c(Nc2ccc(NS(C)(=O)=O)cc2)c1. The Kier molecular flexibility index (Phi) is 5.12. The van der Waals surface area contributed by atoms with Crippen molar-refractivity contribution in [2.45, 2.75) is 0 Å². The van der Waals surface area contributed by atoms with E-state index in [0.29, 0.717) is 27.6 Å². The van der Waals surface area contributed by atoms with Crippen LogP contribution >= 0.6 is 11.6 Å². The Bertz CT molecular complexity index is 820. The molecule has 0 saturated heterocycles. The molecule has 0 atom stereocenters. The summed E-state index contributed by atoms with van der Waals surface area (Å²) >= 11 is 6.11. The summed E-state index contributed by atoms with van der Waals surface area (Å²) in [7, 11) is -2.01. The first-order chi connectivity index (χ1) is 10.8. The van der Waals surface area contributed by atoms with Crippen molar-refractivity contribution in [2.24, 2.45) is 0 Å². The summed E-state index contributed by atoms with van der Waals surface area (Å²) in [6.45, 7) is 0. The van der Waals surface area contributed by atoms with Crippen molar-refractivity contribution in [3.8, 4) is 0 Å². The molecule has 0 saturated carbocycles. The molecule has 2 N–H and O–H groups in total. The fourth-order valence-electron chi connectivity index (χ4n) is 1.86. The van der Waals surface area contributed by atoms with Crippen molar-refractivity contribution in [3.63, 3.8) is 0 Å². The molecule has 0 aliphatic carbocycles. The predicted molar refractivity (Wildman–Crippen MR) is 91.0 cm³/mol. The molecular weight excluding hydrogens is 340 g/mol. The van der Waals surface area contributed by atoms with E-state index in [1.165, 1.54) is 7.11 Å². The molecule has 2 aromatic carbocycles. The highest BCUT2D eigenvalue weighted by molar-refractivity contribution is 7.92. The number of esters is 1. The van der Waals surface area contributed by atoms with Crippen molar-refractivity contribution >= 4 is 44.7 Å². The van der Waals surface area contributed by atoms with E-state index in [0.717, 1.165) is 6.26 Å². The van der Waals surface area contributed by atoms with Crippen molar-refractivity contribution in [3.05, 3.63) is 53.1 Å². The van der Waals surface area contributed by atoms with Gasteiger partial charge in [-0.25, -0.2) is 13.2 Å². The van der Waals surface area contributed by atoms with Gasteiger partial charge in [-0.1, -0.05) is 11.6 Å². The van der Waals surface area contributed by atoms with Gasteiger partial charge in [0.05, 0.1) is 29.6 Å². The summed E-state index contributed by atoms with van der Waals surface area (Å²) in [5, 5.41) is 3.51. The second-order valence-corrected chi connectivity index (χ2v) is 6.92. The maximum atomic E-state index is 11.5. The molecule has 0 bridgehead atoms. The van der Waals surface area contributed by atoms with Crippen molar-refractivity contribution in [1.29, 1.82) is 0 Å². The van der Waals surface area contributed by atoms with Gasteiger partial charge in [-0.15, -0.1) is 0 Å². The number of halogens is 1. The van der Waals surface area contributed by atoms with E-state index in [2.05, 4.69) is 14.8 Å². The van der Waals surface area contributed by atoms with Crippen LogP contribution in [-0.4, -0.2) is 27.8 Å². The number of carbonyl (C=O) groups excluding carboxylic acids is 1. The normalized spacial score (nSPS) is 10.9. The second kappa shape index (κ2) is 6.89. The van der Waals surface area contributed by atoms with Crippen molar-refractivity contribution in [2.75, 3.05) is 23.4 Å². The fraction of sp³-hybridized carbons (Fsp3) is 0.133. The van der Waals surface area contributed by atoms with E-state index in [-0.39, 0.29) is 0 Å². The highest BCUT2D eigenvalue weighted by Gasteiger charge is 2.09. The van der Waals surface area contributed by atoms with Gasteiger partial charge in [0, 0.05) is 11.4 Å². The Morgan fingerprint density at radius 1 is 1.09 bits per heavy atom. The molecule has 0 unspecified atom stereocenters. The molecule has 0 spiro atoms. The first kappa shape index (κ1) is 17.1. The Balaban J connectivity index is 2.20. The number of rotatable bonds is 5. The van der Waals surface area contributed by atoms with Crippen LogP contribution in [-0.2, 0) is 14.8 Å². The van der Waals surface area contributed by atoms with E-state index in [1.807, 2.05) is 0 Å². The summed E-state index contributed by atoms with van der Waals surface area (Å²) in [6.07, 6.45) is 1.08. The average Bonchev–Trinajstić information content (AvgIpc) is 2.49. The Morgan fingerprint density at radius 2 is 1.70 bits per heavy atom. The lowest BCUT2D eigenvalue weighted by Crippen LogP contribution is -2.09. The van der Waals surface area contributed by atoms with Gasteiger partial charge in [0.15, 0.2) is 0 Å². The molecule has 2 aromatic rings. The first-order valence-electron chi connectivity index (χ1n) is 6.51. The molecule has 0 aliphatic rings. The second-order valence-electron chi connectivity index (χ2n) is 4.76. The van der Waals surface area contributed by atoms with Gasteiger partial charge in [0.2, 0.25) is 10.0 Å². The Hall–Kier alpha value is -2.25. The fourth-order valence-corrected chi connectivity index (χ4v) is 2.59. The van der Waals surface area contributed by atoms with Crippen molar-refractivity contribution in [1.82, 2.24) is 0 Å². The monoisotopic (exact) mass is 354 g/mol.